The van der Waals surface area contributed by atoms with Gasteiger partial charge in [0.25, 0.3) is 0 Å². The summed E-state index contributed by atoms with van der Waals surface area (Å²) >= 11 is 0. The predicted octanol–water partition coefficient (Wildman–Crippen LogP) is -1.65. The van der Waals surface area contributed by atoms with Crippen molar-refractivity contribution < 1.29 is 10.2 Å². The van der Waals surface area contributed by atoms with Crippen LogP contribution in [0.1, 0.15) is 0 Å². The molecule has 3 rings (SSSR count). The molecule has 1 aliphatic heterocycles. The fraction of sp³-hybridized carbons (Fsp3) is 0. The Balaban J connectivity index is 2.11. The molecule has 1 aliphatic rings. The van der Waals surface area contributed by atoms with Gasteiger partial charge in [-0.15, -0.1) is 0 Å². The van der Waals surface area contributed by atoms with Gasteiger partial charge in [0.15, 0.2) is 0 Å². The molecule has 92 valence electrons. The van der Waals surface area contributed by atoms with Gasteiger partial charge < -0.3 is 16.1 Å². The zero-order chi connectivity index (χ0) is 12.7. The summed E-state index contributed by atoms with van der Waals surface area (Å²) in [6.07, 6.45) is 1.61. The number of rotatable bonds is 1. The molecule has 1 aromatic heterocycles. The second-order valence-electron chi connectivity index (χ2n) is 3.86. The van der Waals surface area contributed by atoms with Crippen LogP contribution in [0.4, 0.5) is 11.4 Å². The fourth-order valence-electron chi connectivity index (χ4n) is 1.86. The summed E-state index contributed by atoms with van der Waals surface area (Å²) in [4.78, 5) is 0. The average molecular weight is 246 g/mol. The van der Waals surface area contributed by atoms with Crippen LogP contribution in [0.25, 0.3) is 11.3 Å². The van der Waals surface area contributed by atoms with E-state index >= 15 is 0 Å². The summed E-state index contributed by atoms with van der Waals surface area (Å²) in [5.74, 6) is -0.262. The molecule has 2 aromatic rings. The third-order valence-electron chi connectivity index (χ3n) is 2.76. The van der Waals surface area contributed by atoms with Gasteiger partial charge in [0.2, 0.25) is 11.4 Å². The van der Waals surface area contributed by atoms with Gasteiger partial charge in [-0.2, -0.15) is 10.3 Å². The molecule has 0 aliphatic carbocycles. The Morgan fingerprint density at radius 2 is 2.00 bits per heavy atom. The van der Waals surface area contributed by atoms with E-state index in [0.29, 0.717) is 0 Å². The van der Waals surface area contributed by atoms with Crippen molar-refractivity contribution in [1.82, 2.24) is 10.2 Å². The van der Waals surface area contributed by atoms with Crippen LogP contribution in [0, 0.1) is 10.4 Å². The van der Waals surface area contributed by atoms with E-state index in [0.717, 1.165) is 11.3 Å². The maximum Gasteiger partial charge on any atom is 0.351 e. The van der Waals surface area contributed by atoms with Gasteiger partial charge in [-0.1, -0.05) is 0 Å². The topological polar surface area (TPSA) is 122 Å². The summed E-state index contributed by atoms with van der Waals surface area (Å²) in [7, 11) is 0. The van der Waals surface area contributed by atoms with Crippen LogP contribution in [0.3, 0.4) is 0 Å². The third kappa shape index (κ3) is 1.57. The number of hydrogen-bond acceptors (Lipinski definition) is 5. The van der Waals surface area contributed by atoms with E-state index in [2.05, 4.69) is 15.3 Å². The van der Waals surface area contributed by atoms with E-state index in [-0.39, 0.29) is 17.3 Å². The smallest absolute Gasteiger partial charge is 0.351 e. The molecule has 2 unspecified atom stereocenters. The number of aromatic nitrogens is 2. The fourth-order valence-corrected chi connectivity index (χ4v) is 1.86. The SMILES string of the molecule is NC1=N[NH+]([O-])c2cc(-c3ccn[nH]3)ccc2[NH+]1[O-]. The largest absolute Gasteiger partial charge is 0.621 e. The van der Waals surface area contributed by atoms with Gasteiger partial charge in [-0.05, 0) is 12.1 Å². The number of fused-ring (bicyclic) bond motifs is 1. The number of nitrogens with one attached hydrogen (secondary N) is 3. The van der Waals surface area contributed by atoms with Crippen LogP contribution >= 0.6 is 0 Å². The molecule has 0 saturated heterocycles. The van der Waals surface area contributed by atoms with Crippen molar-refractivity contribution in [3.63, 3.8) is 0 Å². The van der Waals surface area contributed by atoms with Crippen LogP contribution in [-0.4, -0.2) is 16.2 Å². The first-order chi connectivity index (χ1) is 8.66. The first-order valence-electron chi connectivity index (χ1n) is 5.24. The maximum atomic E-state index is 11.7. The first-order valence-corrected chi connectivity index (χ1v) is 5.24. The molecular formula is C10H10N6O2. The van der Waals surface area contributed by atoms with Crippen molar-refractivity contribution in [2.45, 2.75) is 0 Å². The quantitative estimate of drug-likeness (QED) is 0.450. The van der Waals surface area contributed by atoms with Gasteiger partial charge in [0.05, 0.1) is 5.69 Å². The van der Waals surface area contributed by atoms with E-state index in [1.807, 2.05) is 0 Å². The number of aromatic amines is 1. The Morgan fingerprint density at radius 1 is 1.17 bits per heavy atom. The molecular weight excluding hydrogens is 236 g/mol. The Bertz CT molecular complexity index is 609. The van der Waals surface area contributed by atoms with Crippen molar-refractivity contribution in [3.8, 4) is 11.3 Å². The number of nitrogens with two attached hydrogens (primary N) is 1. The lowest BCUT2D eigenvalue weighted by Crippen LogP contribution is -3.14. The normalized spacial score (nSPS) is 22.4. The van der Waals surface area contributed by atoms with Crippen molar-refractivity contribution in [3.05, 3.63) is 40.9 Å². The minimum Gasteiger partial charge on any atom is -0.621 e. The number of quaternary nitrogens is 2. The highest BCUT2D eigenvalue weighted by atomic mass is 16.5. The summed E-state index contributed by atoms with van der Waals surface area (Å²) in [6.45, 7) is 0. The monoisotopic (exact) mass is 246 g/mol. The molecule has 0 amide bonds. The predicted molar refractivity (Wildman–Crippen MR) is 63.6 cm³/mol. The molecule has 0 bridgehead atoms. The van der Waals surface area contributed by atoms with Gasteiger partial charge in [0, 0.05) is 29.0 Å². The first kappa shape index (κ1) is 10.9. The summed E-state index contributed by atoms with van der Waals surface area (Å²) in [5, 5.41) is 32.7. The van der Waals surface area contributed by atoms with Gasteiger partial charge >= 0.3 is 5.96 Å². The number of guanidine groups is 1. The highest BCUT2D eigenvalue weighted by molar-refractivity contribution is 5.76. The molecule has 2 atom stereocenters. The highest BCUT2D eigenvalue weighted by Gasteiger charge is 2.26. The Kier molecular flexibility index (Phi) is 2.35. The van der Waals surface area contributed by atoms with Crippen LogP contribution in [-0.2, 0) is 0 Å². The second-order valence-corrected chi connectivity index (χ2v) is 3.86. The molecule has 0 radical (unpaired) electrons. The van der Waals surface area contributed by atoms with Crippen molar-refractivity contribution in [2.75, 3.05) is 0 Å². The van der Waals surface area contributed by atoms with Crippen LogP contribution in [0.15, 0.2) is 35.6 Å². The number of nitrogens with zero attached hydrogens (tertiary/aromatic N) is 2. The van der Waals surface area contributed by atoms with E-state index < -0.39 is 10.2 Å². The Hall–Kier alpha value is -2.26. The number of hydrogen-bond donors (Lipinski definition) is 4. The second kappa shape index (κ2) is 3.89. The van der Waals surface area contributed by atoms with Crippen LogP contribution in [0.2, 0.25) is 0 Å². The maximum absolute atomic E-state index is 11.7. The molecule has 8 heteroatoms. The van der Waals surface area contributed by atoms with E-state index in [9.17, 15) is 10.4 Å². The summed E-state index contributed by atoms with van der Waals surface area (Å²) < 4.78 is 0. The Labute approximate surface area is 101 Å². The van der Waals surface area contributed by atoms with E-state index in [4.69, 9.17) is 5.73 Å². The molecule has 8 nitrogen and oxygen atoms in total. The van der Waals surface area contributed by atoms with E-state index in [1.165, 1.54) is 0 Å². The molecule has 5 N–H and O–H groups in total. The van der Waals surface area contributed by atoms with Crippen molar-refractivity contribution >= 4 is 17.3 Å². The molecule has 0 fully saturated rings. The minimum atomic E-state index is -0.497. The summed E-state index contributed by atoms with van der Waals surface area (Å²) in [6, 6.07) is 6.69. The minimum absolute atomic E-state index is 0.262. The molecule has 2 heterocycles. The van der Waals surface area contributed by atoms with Crippen molar-refractivity contribution in [2.24, 2.45) is 10.8 Å². The van der Waals surface area contributed by atoms with Gasteiger partial charge in [0.1, 0.15) is 0 Å². The zero-order valence-electron chi connectivity index (χ0n) is 9.18. The molecule has 0 saturated carbocycles. The average Bonchev–Trinajstić information content (AvgIpc) is 2.89. The number of benzene rings is 1. The number of hydroxylamine groups is 1. The zero-order valence-corrected chi connectivity index (χ0v) is 9.18. The lowest BCUT2D eigenvalue weighted by atomic mass is 10.1. The van der Waals surface area contributed by atoms with Gasteiger partial charge in [-0.3, -0.25) is 10.2 Å². The Morgan fingerprint density at radius 3 is 2.72 bits per heavy atom. The lowest BCUT2D eigenvalue weighted by molar-refractivity contribution is -0.812. The molecule has 1 aromatic carbocycles. The molecule has 18 heavy (non-hydrogen) atoms. The third-order valence-corrected chi connectivity index (χ3v) is 2.76. The number of H-pyrrole nitrogens is 1. The summed E-state index contributed by atoms with van der Waals surface area (Å²) in [5.41, 5.74) is 7.46. The molecule has 0 spiro atoms. The van der Waals surface area contributed by atoms with Gasteiger partial charge in [-0.25, -0.2) is 0 Å². The van der Waals surface area contributed by atoms with Crippen molar-refractivity contribution in [1.29, 1.82) is 0 Å². The standard InChI is InChI=1S/C10H10N6O2/c11-10-14-16(18)9-5-6(7-3-4-12-13-7)1-2-8(9)15(10)17/h1-5,15-16H,(H2,11,14)(H,12,13). The highest BCUT2D eigenvalue weighted by Crippen LogP contribution is 2.23. The van der Waals surface area contributed by atoms with E-state index in [1.54, 1.807) is 30.5 Å². The lowest BCUT2D eigenvalue weighted by Gasteiger charge is -2.28. The van der Waals surface area contributed by atoms with Crippen LogP contribution in [0.5, 0.6) is 0 Å². The van der Waals surface area contributed by atoms with Crippen LogP contribution < -0.4 is 16.0 Å².